The van der Waals surface area contributed by atoms with Crippen molar-refractivity contribution in [1.29, 1.82) is 0 Å². The normalized spacial score (nSPS) is 14.7. The summed E-state index contributed by atoms with van der Waals surface area (Å²) in [5.74, 6) is -1.92. The highest BCUT2D eigenvalue weighted by Crippen LogP contribution is 2.48. The average molecular weight is 458 g/mol. The van der Waals surface area contributed by atoms with Gasteiger partial charge in [0.1, 0.15) is 9.58 Å². The number of carbonyl (C=O) groups excluding carboxylic acids is 1. The summed E-state index contributed by atoms with van der Waals surface area (Å²) in [6.07, 6.45) is 0.466. The Morgan fingerprint density at radius 2 is 1.89 bits per heavy atom. The number of phenolic OH excluding ortho intramolecular Hbond substituents is 2. The molecule has 1 aliphatic heterocycles. The number of nitro benzene ring substituents is 1. The Labute approximate surface area is 172 Å². The molecule has 12 heteroatoms. The highest BCUT2D eigenvalue weighted by atomic mass is 35.5. The van der Waals surface area contributed by atoms with E-state index >= 15 is 0 Å². The number of aliphatic hydroxyl groups excluding tert-OH is 1. The molecular weight excluding hydrogens is 443 g/mol. The summed E-state index contributed by atoms with van der Waals surface area (Å²) >= 11 is 16.5. The minimum absolute atomic E-state index is 0.00419. The lowest BCUT2D eigenvalue weighted by Crippen LogP contribution is -2.39. The van der Waals surface area contributed by atoms with Crippen LogP contribution >= 0.6 is 46.1 Å². The van der Waals surface area contributed by atoms with Gasteiger partial charge in [-0.1, -0.05) is 11.6 Å². The van der Waals surface area contributed by atoms with E-state index in [4.69, 9.17) is 34.8 Å². The smallest absolute Gasteiger partial charge is 0.332 e. The van der Waals surface area contributed by atoms with Crippen molar-refractivity contribution in [2.45, 2.75) is 18.9 Å². The molecule has 1 aromatic carbocycles. The monoisotopic (exact) mass is 456 g/mol. The number of halogens is 3. The maximum Gasteiger partial charge on any atom is 0.332 e. The Bertz CT molecular complexity index is 867. The van der Waals surface area contributed by atoms with Gasteiger partial charge in [-0.2, -0.15) is 0 Å². The maximum atomic E-state index is 12.6. The van der Waals surface area contributed by atoms with Crippen LogP contribution in [-0.4, -0.2) is 55.6 Å². The molecule has 0 atom stereocenters. The third-order valence-corrected chi connectivity index (χ3v) is 5.68. The number of piperidine rings is 1. The molecule has 8 nitrogen and oxygen atoms in total. The Morgan fingerprint density at radius 1 is 1.33 bits per heavy atom. The molecule has 0 radical (unpaired) electrons. The van der Waals surface area contributed by atoms with Crippen LogP contribution in [0.25, 0.3) is 10.1 Å². The third kappa shape index (κ3) is 4.49. The first-order valence-corrected chi connectivity index (χ1v) is 9.89. The number of nitro groups is 1. The van der Waals surface area contributed by atoms with Crippen LogP contribution < -0.4 is 0 Å². The van der Waals surface area contributed by atoms with E-state index in [1.807, 2.05) is 0 Å². The molecule has 2 aromatic rings. The zero-order valence-electron chi connectivity index (χ0n) is 13.7. The summed E-state index contributed by atoms with van der Waals surface area (Å²) in [5, 5.41) is 40.4. The number of likely N-dealkylation sites (tertiary alicyclic amines) is 1. The van der Waals surface area contributed by atoms with Crippen LogP contribution in [-0.2, 0) is 0 Å². The molecule has 148 valence electrons. The number of phenols is 2. The fraction of sp³-hybridized carbons (Fsp3) is 0.400. The van der Waals surface area contributed by atoms with Crippen molar-refractivity contribution < 1.29 is 25.0 Å². The zero-order chi connectivity index (χ0) is 20.3. The quantitative estimate of drug-likeness (QED) is 0.272. The number of amides is 1. The van der Waals surface area contributed by atoms with Crippen molar-refractivity contribution in [3.63, 3.8) is 0 Å². The average Bonchev–Trinajstić information content (AvgIpc) is 2.92. The molecule has 0 saturated carbocycles. The van der Waals surface area contributed by atoms with Gasteiger partial charge in [0.25, 0.3) is 5.91 Å². The number of benzene rings is 1. The van der Waals surface area contributed by atoms with Gasteiger partial charge < -0.3 is 20.2 Å². The summed E-state index contributed by atoms with van der Waals surface area (Å²) < 4.78 is 0.0284. The summed E-state index contributed by atoms with van der Waals surface area (Å²) in [7, 11) is 0. The minimum Gasteiger partial charge on any atom is -0.504 e. The van der Waals surface area contributed by atoms with Crippen LogP contribution in [0.3, 0.4) is 0 Å². The Morgan fingerprint density at radius 3 is 2.41 bits per heavy atom. The Hall–Kier alpha value is -1.52. The Kier molecular flexibility index (Phi) is 7.35. The van der Waals surface area contributed by atoms with Crippen molar-refractivity contribution in [3.8, 4) is 11.5 Å². The van der Waals surface area contributed by atoms with E-state index in [2.05, 4.69) is 0 Å². The number of aromatic hydroxyl groups is 2. The number of hydrogen-bond donors (Lipinski definition) is 3. The second-order valence-corrected chi connectivity index (χ2v) is 7.80. The van der Waals surface area contributed by atoms with Crippen molar-refractivity contribution >= 4 is 67.8 Å². The van der Waals surface area contributed by atoms with Crippen LogP contribution in [0.5, 0.6) is 11.5 Å². The highest BCUT2D eigenvalue weighted by Gasteiger charge is 2.31. The molecule has 0 bridgehead atoms. The lowest BCUT2D eigenvalue weighted by Gasteiger charge is -2.29. The highest BCUT2D eigenvalue weighted by molar-refractivity contribution is 7.22. The number of thiophene rings is 1. The lowest BCUT2D eigenvalue weighted by atomic mass is 10.1. The van der Waals surface area contributed by atoms with Gasteiger partial charge in [-0.25, -0.2) is 0 Å². The molecule has 0 unspecified atom stereocenters. The van der Waals surface area contributed by atoms with Gasteiger partial charge >= 0.3 is 5.69 Å². The first kappa shape index (κ1) is 21.8. The lowest BCUT2D eigenvalue weighted by molar-refractivity contribution is -0.383. The second kappa shape index (κ2) is 9.11. The van der Waals surface area contributed by atoms with E-state index in [-0.39, 0.29) is 31.2 Å². The fourth-order valence-electron chi connectivity index (χ4n) is 2.68. The van der Waals surface area contributed by atoms with Crippen LogP contribution in [0, 0.1) is 10.1 Å². The third-order valence-electron chi connectivity index (χ3n) is 3.98. The van der Waals surface area contributed by atoms with E-state index < -0.39 is 28.2 Å². The summed E-state index contributed by atoms with van der Waals surface area (Å²) in [4.78, 5) is 24.6. The number of fused-ring (bicyclic) bond motifs is 1. The SMILES string of the molecule is ClCCl.O=C(c1sc2c([N+](=O)[O-])c(O)c(O)cc2c1Cl)N1CCC(O)CC1. The number of rotatable bonds is 2. The molecule has 3 N–H and O–H groups in total. The molecule has 1 aliphatic rings. The summed E-state index contributed by atoms with van der Waals surface area (Å²) in [6, 6.07) is 1.10. The number of hydrogen-bond acceptors (Lipinski definition) is 7. The van der Waals surface area contributed by atoms with Gasteiger partial charge in [-0.05, 0) is 18.9 Å². The molecule has 0 aliphatic carbocycles. The van der Waals surface area contributed by atoms with Gasteiger partial charge in [0.05, 0.1) is 21.4 Å². The van der Waals surface area contributed by atoms with Gasteiger partial charge in [0, 0.05) is 18.5 Å². The van der Waals surface area contributed by atoms with Crippen molar-refractivity contribution in [3.05, 3.63) is 26.1 Å². The molecular formula is C15H15Cl3N2O6S. The van der Waals surface area contributed by atoms with E-state index in [1.165, 1.54) is 4.90 Å². The molecule has 1 fully saturated rings. The topological polar surface area (TPSA) is 124 Å². The van der Waals surface area contributed by atoms with Gasteiger partial charge in [0.15, 0.2) is 5.75 Å². The van der Waals surface area contributed by atoms with Crippen LogP contribution in [0.4, 0.5) is 5.69 Å². The summed E-state index contributed by atoms with van der Waals surface area (Å²) in [6.45, 7) is 0.729. The standard InChI is InChI=1S/C14H13ClN2O6S.CH2Cl2/c15-9-7-5-8(19)11(20)10(17(22)23)12(7)24-13(9)14(21)16-3-1-6(18)2-4-16;2-1-3/h5-6,18-20H,1-4H2;1H2. The van der Waals surface area contributed by atoms with E-state index in [0.29, 0.717) is 25.9 Å². The van der Waals surface area contributed by atoms with Gasteiger partial charge in [-0.3, -0.25) is 14.9 Å². The number of carbonyl (C=O) groups is 1. The predicted molar refractivity (Wildman–Crippen MR) is 105 cm³/mol. The van der Waals surface area contributed by atoms with Crippen molar-refractivity contribution in [2.75, 3.05) is 18.4 Å². The number of alkyl halides is 2. The molecule has 27 heavy (non-hydrogen) atoms. The first-order valence-electron chi connectivity index (χ1n) is 7.63. The van der Waals surface area contributed by atoms with Gasteiger partial charge in [-0.15, -0.1) is 34.5 Å². The molecule has 2 heterocycles. The van der Waals surface area contributed by atoms with Crippen LogP contribution in [0.2, 0.25) is 5.02 Å². The minimum atomic E-state index is -0.856. The fourth-order valence-corrected chi connectivity index (χ4v) is 4.24. The molecule has 1 aromatic heterocycles. The Balaban J connectivity index is 0.000000817. The van der Waals surface area contributed by atoms with Crippen molar-refractivity contribution in [1.82, 2.24) is 4.90 Å². The largest absolute Gasteiger partial charge is 0.504 e. The number of nitrogens with zero attached hydrogens (tertiary/aromatic N) is 2. The summed E-state index contributed by atoms with van der Waals surface area (Å²) in [5.41, 5.74) is -0.676. The maximum absolute atomic E-state index is 12.6. The first-order chi connectivity index (χ1) is 12.7. The van der Waals surface area contributed by atoms with Crippen molar-refractivity contribution in [2.24, 2.45) is 0 Å². The van der Waals surface area contributed by atoms with Crippen LogP contribution in [0.1, 0.15) is 22.5 Å². The zero-order valence-corrected chi connectivity index (χ0v) is 16.8. The number of aliphatic hydroxyl groups is 1. The molecule has 0 spiro atoms. The predicted octanol–water partition coefficient (Wildman–Crippen LogP) is 3.89. The van der Waals surface area contributed by atoms with E-state index in [0.717, 1.165) is 17.4 Å². The second-order valence-electron chi connectivity index (χ2n) is 5.60. The molecule has 1 amide bonds. The molecule has 3 rings (SSSR count). The van der Waals surface area contributed by atoms with Crippen LogP contribution in [0.15, 0.2) is 6.07 Å². The van der Waals surface area contributed by atoms with E-state index in [9.17, 15) is 30.2 Å². The van der Waals surface area contributed by atoms with Gasteiger partial charge in [0.2, 0.25) is 5.75 Å². The van der Waals surface area contributed by atoms with E-state index in [1.54, 1.807) is 0 Å². The molecule has 1 saturated heterocycles.